The van der Waals surface area contributed by atoms with Crippen LogP contribution in [0.2, 0.25) is 0 Å². The molecule has 1 aromatic rings. The molecule has 0 fully saturated rings. The van der Waals surface area contributed by atoms with Crippen LogP contribution in [0.15, 0.2) is 30.3 Å². The lowest BCUT2D eigenvalue weighted by Gasteiger charge is -2.30. The molecule has 19 heavy (non-hydrogen) atoms. The average molecular weight is 277 g/mol. The van der Waals surface area contributed by atoms with Gasteiger partial charge in [0.05, 0.1) is 13.2 Å². The Labute approximate surface area is 108 Å². The normalized spacial score (nSPS) is 14.9. The molecule has 0 aliphatic rings. The van der Waals surface area contributed by atoms with Crippen molar-refractivity contribution in [3.8, 4) is 0 Å². The summed E-state index contributed by atoms with van der Waals surface area (Å²) in [6, 6.07) is 7.63. The van der Waals surface area contributed by atoms with Gasteiger partial charge in [0.1, 0.15) is 0 Å². The summed E-state index contributed by atoms with van der Waals surface area (Å²) in [5.41, 5.74) is -1.72. The minimum absolute atomic E-state index is 0.202. The molecule has 1 unspecified atom stereocenters. The second kappa shape index (κ2) is 6.03. The lowest BCUT2D eigenvalue weighted by Crippen LogP contribution is -2.55. The highest BCUT2D eigenvalue weighted by Crippen LogP contribution is 2.24. The zero-order valence-electron chi connectivity index (χ0n) is 10.2. The van der Waals surface area contributed by atoms with Crippen LogP contribution in [0.3, 0.4) is 0 Å². The Morgan fingerprint density at radius 3 is 2.32 bits per heavy atom. The summed E-state index contributed by atoms with van der Waals surface area (Å²) in [6.07, 6.45) is -4.51. The number of aliphatic carboxylic acids is 1. The minimum atomic E-state index is -4.51. The van der Waals surface area contributed by atoms with Crippen molar-refractivity contribution in [3.63, 3.8) is 0 Å². The van der Waals surface area contributed by atoms with Crippen LogP contribution in [0, 0.1) is 0 Å². The van der Waals surface area contributed by atoms with E-state index < -0.39 is 30.8 Å². The van der Waals surface area contributed by atoms with Gasteiger partial charge in [0, 0.05) is 7.11 Å². The van der Waals surface area contributed by atoms with E-state index in [2.05, 4.69) is 0 Å². The number of carbonyl (C=O) groups is 1. The van der Waals surface area contributed by atoms with E-state index in [0.717, 1.165) is 0 Å². The number of carboxylic acid groups (broad SMARTS) is 1. The SMILES string of the molecule is COCC(NCC(F)(F)F)(C(=O)O)c1ccccc1. The molecule has 106 valence electrons. The highest BCUT2D eigenvalue weighted by atomic mass is 19.4. The minimum Gasteiger partial charge on any atom is -0.480 e. The first kappa shape index (κ1) is 15.5. The van der Waals surface area contributed by atoms with Gasteiger partial charge in [0.25, 0.3) is 0 Å². The molecule has 0 aliphatic carbocycles. The largest absolute Gasteiger partial charge is 0.480 e. The highest BCUT2D eigenvalue weighted by Gasteiger charge is 2.43. The van der Waals surface area contributed by atoms with Crippen molar-refractivity contribution in [2.24, 2.45) is 0 Å². The molecule has 0 heterocycles. The van der Waals surface area contributed by atoms with Crippen molar-refractivity contribution in [1.82, 2.24) is 5.32 Å². The molecule has 2 N–H and O–H groups in total. The number of alkyl halides is 3. The van der Waals surface area contributed by atoms with E-state index in [1.54, 1.807) is 18.2 Å². The zero-order chi connectivity index (χ0) is 14.5. The Morgan fingerprint density at radius 1 is 1.32 bits per heavy atom. The number of rotatable bonds is 6. The van der Waals surface area contributed by atoms with E-state index >= 15 is 0 Å². The molecule has 0 aliphatic heterocycles. The van der Waals surface area contributed by atoms with Gasteiger partial charge in [-0.2, -0.15) is 13.2 Å². The Hall–Kier alpha value is -1.60. The number of hydrogen-bond acceptors (Lipinski definition) is 3. The molecule has 0 spiro atoms. The predicted molar refractivity (Wildman–Crippen MR) is 61.7 cm³/mol. The van der Waals surface area contributed by atoms with Gasteiger partial charge in [-0.15, -0.1) is 0 Å². The molecule has 0 aromatic heterocycles. The quantitative estimate of drug-likeness (QED) is 0.832. The molecule has 1 rings (SSSR count). The number of methoxy groups -OCH3 is 1. The topological polar surface area (TPSA) is 58.6 Å². The fourth-order valence-electron chi connectivity index (χ4n) is 1.69. The average Bonchev–Trinajstić information content (AvgIpc) is 2.34. The molecular formula is C12H14F3NO3. The van der Waals surface area contributed by atoms with Crippen LogP contribution in [0.1, 0.15) is 5.56 Å². The zero-order valence-corrected chi connectivity index (χ0v) is 10.2. The predicted octanol–water partition coefficient (Wildman–Crippen LogP) is 1.76. The summed E-state index contributed by atoms with van der Waals surface area (Å²) in [5, 5.41) is 11.3. The van der Waals surface area contributed by atoms with E-state index in [0.29, 0.717) is 0 Å². The molecule has 0 saturated heterocycles. The number of hydrogen-bond donors (Lipinski definition) is 2. The van der Waals surface area contributed by atoms with Gasteiger partial charge >= 0.3 is 12.1 Å². The Bertz CT molecular complexity index is 422. The molecular weight excluding hydrogens is 263 g/mol. The van der Waals surface area contributed by atoms with Crippen LogP contribution in [0.5, 0.6) is 0 Å². The summed E-state index contributed by atoms with van der Waals surface area (Å²) >= 11 is 0. The van der Waals surface area contributed by atoms with E-state index in [1.165, 1.54) is 19.2 Å². The lowest BCUT2D eigenvalue weighted by atomic mass is 9.90. The van der Waals surface area contributed by atoms with Crippen molar-refractivity contribution in [2.45, 2.75) is 11.7 Å². The standard InChI is InChI=1S/C12H14F3NO3/c1-19-8-11(10(17)18,16-7-12(13,14)15)9-5-3-2-4-6-9/h2-6,16H,7-8H2,1H3,(H,17,18). The van der Waals surface area contributed by atoms with Gasteiger partial charge in [-0.25, -0.2) is 4.79 Å². The smallest absolute Gasteiger partial charge is 0.401 e. The van der Waals surface area contributed by atoms with Crippen molar-refractivity contribution in [2.75, 3.05) is 20.3 Å². The van der Waals surface area contributed by atoms with E-state index in [-0.39, 0.29) is 5.56 Å². The Balaban J connectivity index is 3.11. The maximum absolute atomic E-state index is 12.3. The summed E-state index contributed by atoms with van der Waals surface area (Å²) in [4.78, 5) is 11.4. The molecule has 7 heteroatoms. The summed E-state index contributed by atoms with van der Waals surface area (Å²) in [6.45, 7) is -1.83. The first-order chi connectivity index (χ1) is 8.82. The molecule has 0 amide bonds. The number of ether oxygens (including phenoxy) is 1. The summed E-state index contributed by atoms with van der Waals surface area (Å²) in [5.74, 6) is -1.43. The van der Waals surface area contributed by atoms with Crippen LogP contribution >= 0.6 is 0 Å². The third kappa shape index (κ3) is 3.93. The first-order valence-corrected chi connectivity index (χ1v) is 5.41. The molecule has 0 bridgehead atoms. The third-order valence-electron chi connectivity index (χ3n) is 2.58. The van der Waals surface area contributed by atoms with Crippen molar-refractivity contribution in [3.05, 3.63) is 35.9 Å². The van der Waals surface area contributed by atoms with Crippen molar-refractivity contribution in [1.29, 1.82) is 0 Å². The second-order valence-electron chi connectivity index (χ2n) is 3.98. The molecule has 4 nitrogen and oxygen atoms in total. The highest BCUT2D eigenvalue weighted by molar-refractivity contribution is 5.81. The van der Waals surface area contributed by atoms with Crippen molar-refractivity contribution >= 4 is 5.97 Å². The van der Waals surface area contributed by atoms with Crippen LogP contribution in [0.25, 0.3) is 0 Å². The van der Waals surface area contributed by atoms with E-state index in [9.17, 15) is 23.1 Å². The van der Waals surface area contributed by atoms with Gasteiger partial charge in [-0.1, -0.05) is 30.3 Å². The third-order valence-corrected chi connectivity index (χ3v) is 2.58. The first-order valence-electron chi connectivity index (χ1n) is 5.41. The number of halogens is 3. The molecule has 0 saturated carbocycles. The van der Waals surface area contributed by atoms with E-state index in [1.807, 2.05) is 5.32 Å². The van der Waals surface area contributed by atoms with Crippen LogP contribution in [-0.2, 0) is 15.1 Å². The monoisotopic (exact) mass is 277 g/mol. The second-order valence-corrected chi connectivity index (χ2v) is 3.98. The van der Waals surface area contributed by atoms with E-state index in [4.69, 9.17) is 4.74 Å². The molecule has 0 radical (unpaired) electrons. The van der Waals surface area contributed by atoms with Gasteiger partial charge < -0.3 is 9.84 Å². The number of carboxylic acids is 1. The fraction of sp³-hybridized carbons (Fsp3) is 0.417. The van der Waals surface area contributed by atoms with Crippen LogP contribution < -0.4 is 5.32 Å². The van der Waals surface area contributed by atoms with Crippen molar-refractivity contribution < 1.29 is 27.8 Å². The maximum atomic E-state index is 12.3. The van der Waals surface area contributed by atoms with Gasteiger partial charge in [0.2, 0.25) is 0 Å². The van der Waals surface area contributed by atoms with Gasteiger partial charge in [-0.3, -0.25) is 5.32 Å². The Morgan fingerprint density at radius 2 is 1.89 bits per heavy atom. The summed E-state index contributed by atoms with van der Waals surface area (Å²) in [7, 11) is 1.23. The number of benzene rings is 1. The maximum Gasteiger partial charge on any atom is 0.401 e. The molecule has 1 aromatic carbocycles. The van der Waals surface area contributed by atoms with Gasteiger partial charge in [-0.05, 0) is 5.56 Å². The summed E-state index contributed by atoms with van der Waals surface area (Å²) < 4.78 is 41.7. The van der Waals surface area contributed by atoms with Crippen LogP contribution in [0.4, 0.5) is 13.2 Å². The molecule has 1 atom stereocenters. The number of nitrogens with one attached hydrogen (secondary N) is 1. The Kier molecular flexibility index (Phi) is 4.90. The van der Waals surface area contributed by atoms with Crippen LogP contribution in [-0.4, -0.2) is 37.5 Å². The van der Waals surface area contributed by atoms with Gasteiger partial charge in [0.15, 0.2) is 5.54 Å². The lowest BCUT2D eigenvalue weighted by molar-refractivity contribution is -0.154. The fourth-order valence-corrected chi connectivity index (χ4v) is 1.69.